The number of nitrogens with zero attached hydrogens (tertiary/aromatic N) is 2. The molecule has 0 aliphatic heterocycles. The maximum atomic E-state index is 14.4. The van der Waals surface area contributed by atoms with E-state index in [1.54, 1.807) is 54.6 Å². The molecule has 2 amide bonds. The summed E-state index contributed by atoms with van der Waals surface area (Å²) in [5, 5.41) is 3.83. The number of hydrogen-bond donors (Lipinski definition) is 1. The summed E-state index contributed by atoms with van der Waals surface area (Å²) in [4.78, 5) is 29.6. The van der Waals surface area contributed by atoms with Crippen LogP contribution < -0.4 is 9.62 Å². The van der Waals surface area contributed by atoms with Crippen molar-refractivity contribution in [1.29, 1.82) is 0 Å². The van der Waals surface area contributed by atoms with Gasteiger partial charge in [-0.3, -0.25) is 13.9 Å². The number of anilines is 1. The standard InChI is InChI=1S/C34H35Cl2N3O4S/c1-24(2)37-34(41)32(20-26-10-6-4-7-11-26)38(22-27-15-17-28(35)18-16-27)33(40)23-39(29-19-14-25(3)31(36)21-29)44(42,43)30-12-8-5-9-13-30/h4-19,21,24,32H,20,22-23H2,1-3H3,(H,37,41)/t32-/m0/s1. The lowest BCUT2D eigenvalue weighted by Crippen LogP contribution is -2.54. The quantitative estimate of drug-likeness (QED) is 0.186. The zero-order valence-electron chi connectivity index (χ0n) is 24.8. The number of aryl methyl sites for hydroxylation is 1. The average Bonchev–Trinajstić information content (AvgIpc) is 3.00. The van der Waals surface area contributed by atoms with Gasteiger partial charge in [-0.25, -0.2) is 8.42 Å². The molecule has 0 heterocycles. The highest BCUT2D eigenvalue weighted by molar-refractivity contribution is 7.92. The third-order valence-corrected chi connectivity index (χ3v) is 9.47. The molecule has 4 rings (SSSR count). The molecule has 0 spiro atoms. The Morgan fingerprint density at radius 1 is 0.818 bits per heavy atom. The number of carbonyl (C=O) groups excluding carboxylic acids is 2. The third kappa shape index (κ3) is 8.40. The fourth-order valence-electron chi connectivity index (χ4n) is 4.71. The molecule has 10 heteroatoms. The number of carbonyl (C=O) groups is 2. The first-order chi connectivity index (χ1) is 21.0. The summed E-state index contributed by atoms with van der Waals surface area (Å²) in [6.45, 7) is 4.98. The van der Waals surface area contributed by atoms with E-state index in [4.69, 9.17) is 23.2 Å². The van der Waals surface area contributed by atoms with Gasteiger partial charge in [0.15, 0.2) is 0 Å². The summed E-state index contributed by atoms with van der Waals surface area (Å²) in [5.41, 5.74) is 2.57. The molecule has 0 fully saturated rings. The lowest BCUT2D eigenvalue weighted by Gasteiger charge is -2.34. The summed E-state index contributed by atoms with van der Waals surface area (Å²) in [6.07, 6.45) is 0.223. The maximum absolute atomic E-state index is 14.4. The SMILES string of the molecule is Cc1ccc(N(CC(=O)N(Cc2ccc(Cl)cc2)[C@@H](Cc2ccccc2)C(=O)NC(C)C)S(=O)(=O)c2ccccc2)cc1Cl. The normalized spacial score (nSPS) is 12.0. The molecule has 44 heavy (non-hydrogen) atoms. The van der Waals surface area contributed by atoms with Crippen LogP contribution in [-0.4, -0.2) is 43.8 Å². The van der Waals surface area contributed by atoms with Gasteiger partial charge in [0.1, 0.15) is 12.6 Å². The van der Waals surface area contributed by atoms with E-state index in [1.165, 1.54) is 23.1 Å². The highest BCUT2D eigenvalue weighted by atomic mass is 35.5. The predicted molar refractivity (Wildman–Crippen MR) is 176 cm³/mol. The molecular formula is C34H35Cl2N3O4S. The van der Waals surface area contributed by atoms with Crippen molar-refractivity contribution in [2.45, 2.75) is 50.7 Å². The number of hydrogen-bond acceptors (Lipinski definition) is 4. The molecule has 4 aromatic rings. The van der Waals surface area contributed by atoms with Crippen LogP contribution in [0.1, 0.15) is 30.5 Å². The fraction of sp³-hybridized carbons (Fsp3) is 0.235. The van der Waals surface area contributed by atoms with Crippen LogP contribution in [0.5, 0.6) is 0 Å². The molecule has 4 aromatic carbocycles. The minimum absolute atomic E-state index is 0.0205. The summed E-state index contributed by atoms with van der Waals surface area (Å²) in [5.74, 6) is -0.905. The molecule has 0 saturated carbocycles. The molecule has 230 valence electrons. The Labute approximate surface area is 269 Å². The molecule has 0 saturated heterocycles. The molecule has 0 aromatic heterocycles. The second-order valence-corrected chi connectivity index (χ2v) is 13.5. The van der Waals surface area contributed by atoms with Crippen LogP contribution in [0.2, 0.25) is 10.0 Å². The Balaban J connectivity index is 1.81. The molecule has 7 nitrogen and oxygen atoms in total. The second-order valence-electron chi connectivity index (χ2n) is 10.8. The Morgan fingerprint density at radius 3 is 2.02 bits per heavy atom. The van der Waals surface area contributed by atoms with E-state index >= 15 is 0 Å². The largest absolute Gasteiger partial charge is 0.352 e. The van der Waals surface area contributed by atoms with Gasteiger partial charge in [0.2, 0.25) is 11.8 Å². The van der Waals surface area contributed by atoms with Crippen LogP contribution in [0.25, 0.3) is 0 Å². The van der Waals surface area contributed by atoms with Gasteiger partial charge in [0, 0.05) is 29.1 Å². The monoisotopic (exact) mass is 651 g/mol. The minimum atomic E-state index is -4.21. The Hall–Kier alpha value is -3.85. The molecule has 0 bridgehead atoms. The smallest absolute Gasteiger partial charge is 0.264 e. The third-order valence-electron chi connectivity index (χ3n) is 7.02. The minimum Gasteiger partial charge on any atom is -0.352 e. The Morgan fingerprint density at radius 2 is 1.43 bits per heavy atom. The van der Waals surface area contributed by atoms with Gasteiger partial charge in [-0.05, 0) is 73.9 Å². The van der Waals surface area contributed by atoms with Crippen LogP contribution >= 0.6 is 23.2 Å². The van der Waals surface area contributed by atoms with Gasteiger partial charge in [-0.15, -0.1) is 0 Å². The first-order valence-corrected chi connectivity index (χ1v) is 16.4. The van der Waals surface area contributed by atoms with Gasteiger partial charge in [0.25, 0.3) is 10.0 Å². The summed E-state index contributed by atoms with van der Waals surface area (Å²) in [6, 6.07) is 28.0. The van der Waals surface area contributed by atoms with E-state index in [1.807, 2.05) is 51.1 Å². The van der Waals surface area contributed by atoms with Gasteiger partial charge in [0.05, 0.1) is 10.6 Å². The number of benzene rings is 4. The average molecular weight is 653 g/mol. The van der Waals surface area contributed by atoms with Crippen LogP contribution in [0.4, 0.5) is 5.69 Å². The molecular weight excluding hydrogens is 617 g/mol. The van der Waals surface area contributed by atoms with Crippen molar-refractivity contribution in [1.82, 2.24) is 10.2 Å². The van der Waals surface area contributed by atoms with E-state index in [0.29, 0.717) is 10.0 Å². The fourth-order valence-corrected chi connectivity index (χ4v) is 6.43. The van der Waals surface area contributed by atoms with Crippen molar-refractivity contribution in [3.8, 4) is 0 Å². The lowest BCUT2D eigenvalue weighted by molar-refractivity contribution is -0.140. The van der Waals surface area contributed by atoms with Crippen molar-refractivity contribution in [3.63, 3.8) is 0 Å². The zero-order valence-corrected chi connectivity index (χ0v) is 27.1. The van der Waals surface area contributed by atoms with Crippen LogP contribution in [0, 0.1) is 6.92 Å². The number of amides is 2. The maximum Gasteiger partial charge on any atom is 0.264 e. The second kappa shape index (κ2) is 14.8. The van der Waals surface area contributed by atoms with E-state index in [0.717, 1.165) is 21.0 Å². The molecule has 0 radical (unpaired) electrons. The van der Waals surface area contributed by atoms with Crippen LogP contribution in [0.15, 0.2) is 108 Å². The molecule has 1 N–H and O–H groups in total. The molecule has 0 aliphatic carbocycles. The predicted octanol–water partition coefficient (Wildman–Crippen LogP) is 6.66. The molecule has 0 aliphatic rings. The van der Waals surface area contributed by atoms with Gasteiger partial charge in [-0.1, -0.05) is 89.9 Å². The number of rotatable bonds is 12. The Bertz CT molecular complexity index is 1680. The number of nitrogens with one attached hydrogen (secondary N) is 1. The number of halogens is 2. The van der Waals surface area contributed by atoms with Gasteiger partial charge < -0.3 is 10.2 Å². The highest BCUT2D eigenvalue weighted by Crippen LogP contribution is 2.29. The van der Waals surface area contributed by atoms with E-state index in [-0.39, 0.29) is 35.5 Å². The lowest BCUT2D eigenvalue weighted by atomic mass is 10.0. The van der Waals surface area contributed by atoms with Crippen LogP contribution in [-0.2, 0) is 32.6 Å². The Kier molecular flexibility index (Phi) is 11.1. The first-order valence-electron chi connectivity index (χ1n) is 14.2. The van der Waals surface area contributed by atoms with Crippen molar-refractivity contribution in [2.75, 3.05) is 10.8 Å². The van der Waals surface area contributed by atoms with Gasteiger partial charge in [-0.2, -0.15) is 0 Å². The zero-order chi connectivity index (χ0) is 31.9. The molecule has 1 atom stereocenters. The summed E-state index contributed by atoms with van der Waals surface area (Å²) < 4.78 is 29.1. The van der Waals surface area contributed by atoms with E-state index < -0.39 is 28.5 Å². The van der Waals surface area contributed by atoms with E-state index in [2.05, 4.69) is 5.32 Å². The topological polar surface area (TPSA) is 86.8 Å². The van der Waals surface area contributed by atoms with Crippen molar-refractivity contribution >= 4 is 50.7 Å². The van der Waals surface area contributed by atoms with Crippen LogP contribution in [0.3, 0.4) is 0 Å². The van der Waals surface area contributed by atoms with E-state index in [9.17, 15) is 18.0 Å². The van der Waals surface area contributed by atoms with Crippen molar-refractivity contribution in [2.24, 2.45) is 0 Å². The number of sulfonamides is 1. The summed E-state index contributed by atoms with van der Waals surface area (Å²) in [7, 11) is -4.21. The summed E-state index contributed by atoms with van der Waals surface area (Å²) >= 11 is 12.6. The first kappa shape index (κ1) is 33.1. The van der Waals surface area contributed by atoms with Crippen molar-refractivity contribution < 1.29 is 18.0 Å². The van der Waals surface area contributed by atoms with Gasteiger partial charge >= 0.3 is 0 Å². The highest BCUT2D eigenvalue weighted by Gasteiger charge is 2.35. The molecule has 0 unspecified atom stereocenters. The van der Waals surface area contributed by atoms with Crippen molar-refractivity contribution in [3.05, 3.63) is 130 Å².